The first-order chi connectivity index (χ1) is 22.7. The number of anilines is 2. The summed E-state index contributed by atoms with van der Waals surface area (Å²) in [6.07, 6.45) is 1.62. The van der Waals surface area contributed by atoms with Crippen LogP contribution >= 0.6 is 11.8 Å². The van der Waals surface area contributed by atoms with Crippen LogP contribution in [0.2, 0.25) is 0 Å². The Morgan fingerprint density at radius 1 is 0.723 bits per heavy atom. The standard InChI is InChI=1S/C37H30N4O5S/c1-25(35(42)38-30-19-21-32(22-20-30)41(45)46)47-33-14-8-13-31(24-33)39-37(44)34(40-36(43)29-11-6-3-7-12-29)23-26-15-17-28(18-16-26)27-9-4-2-5-10-27/h2-25H,1H3,(H,38,42)(H,39,44)(H,40,43)/b34-23+. The average Bonchev–Trinajstić information content (AvgIpc) is 3.09. The third kappa shape index (κ3) is 9.03. The van der Waals surface area contributed by atoms with Gasteiger partial charge in [0.05, 0.1) is 10.2 Å². The molecule has 10 heteroatoms. The summed E-state index contributed by atoms with van der Waals surface area (Å²) in [4.78, 5) is 50.5. The number of carbonyl (C=O) groups is 3. The Labute approximate surface area is 275 Å². The van der Waals surface area contributed by atoms with Gasteiger partial charge in [-0.2, -0.15) is 0 Å². The van der Waals surface area contributed by atoms with E-state index in [0.717, 1.165) is 21.6 Å². The van der Waals surface area contributed by atoms with Crippen LogP contribution in [0.25, 0.3) is 17.2 Å². The highest BCUT2D eigenvalue weighted by atomic mass is 32.2. The van der Waals surface area contributed by atoms with Gasteiger partial charge in [0.25, 0.3) is 17.5 Å². The molecule has 5 aromatic carbocycles. The molecular weight excluding hydrogens is 612 g/mol. The van der Waals surface area contributed by atoms with E-state index in [0.29, 0.717) is 16.9 Å². The maximum Gasteiger partial charge on any atom is 0.272 e. The van der Waals surface area contributed by atoms with Crippen LogP contribution in [0.4, 0.5) is 17.1 Å². The van der Waals surface area contributed by atoms with Gasteiger partial charge in [0.1, 0.15) is 5.70 Å². The fourth-order valence-electron chi connectivity index (χ4n) is 4.53. The van der Waals surface area contributed by atoms with Crippen molar-refractivity contribution < 1.29 is 19.3 Å². The third-order valence-electron chi connectivity index (χ3n) is 6.98. The normalized spacial score (nSPS) is 11.6. The fourth-order valence-corrected chi connectivity index (χ4v) is 5.45. The van der Waals surface area contributed by atoms with Crippen molar-refractivity contribution >= 4 is 52.6 Å². The van der Waals surface area contributed by atoms with Crippen molar-refractivity contribution in [2.24, 2.45) is 0 Å². The molecule has 1 unspecified atom stereocenters. The summed E-state index contributed by atoms with van der Waals surface area (Å²) in [5, 5.41) is 18.7. The van der Waals surface area contributed by atoms with Crippen molar-refractivity contribution in [1.29, 1.82) is 0 Å². The summed E-state index contributed by atoms with van der Waals surface area (Å²) in [5.41, 5.74) is 4.12. The molecule has 0 aliphatic heterocycles. The highest BCUT2D eigenvalue weighted by Crippen LogP contribution is 2.27. The van der Waals surface area contributed by atoms with Crippen molar-refractivity contribution in [2.45, 2.75) is 17.1 Å². The van der Waals surface area contributed by atoms with Gasteiger partial charge >= 0.3 is 0 Å². The molecule has 0 heterocycles. The summed E-state index contributed by atoms with van der Waals surface area (Å²) in [5.74, 6) is -1.23. The molecule has 0 radical (unpaired) electrons. The third-order valence-corrected chi connectivity index (χ3v) is 8.07. The molecule has 0 aromatic heterocycles. The smallest absolute Gasteiger partial charge is 0.272 e. The van der Waals surface area contributed by atoms with E-state index < -0.39 is 22.0 Å². The van der Waals surface area contributed by atoms with E-state index in [1.807, 2.05) is 60.7 Å². The first-order valence-electron chi connectivity index (χ1n) is 14.6. The second-order valence-electron chi connectivity index (χ2n) is 10.4. The highest BCUT2D eigenvalue weighted by Gasteiger charge is 2.18. The number of rotatable bonds is 11. The van der Waals surface area contributed by atoms with Crippen LogP contribution in [-0.4, -0.2) is 27.9 Å². The lowest BCUT2D eigenvalue weighted by Crippen LogP contribution is -2.30. The minimum atomic E-state index is -0.521. The van der Waals surface area contributed by atoms with E-state index in [9.17, 15) is 24.5 Å². The Bertz CT molecular complexity index is 1910. The molecule has 5 rings (SSSR count). The highest BCUT2D eigenvalue weighted by molar-refractivity contribution is 8.00. The molecule has 0 fully saturated rings. The molecule has 3 N–H and O–H groups in total. The number of nitrogens with zero attached hydrogens (tertiary/aromatic N) is 1. The van der Waals surface area contributed by atoms with Crippen LogP contribution < -0.4 is 16.0 Å². The molecule has 47 heavy (non-hydrogen) atoms. The Balaban J connectivity index is 1.30. The quantitative estimate of drug-likeness (QED) is 0.0584. The van der Waals surface area contributed by atoms with Crippen molar-refractivity contribution in [3.63, 3.8) is 0 Å². The molecular formula is C37H30N4O5S. The zero-order chi connectivity index (χ0) is 33.2. The molecule has 9 nitrogen and oxygen atoms in total. The molecule has 0 saturated carbocycles. The lowest BCUT2D eigenvalue weighted by Gasteiger charge is -2.14. The zero-order valence-corrected chi connectivity index (χ0v) is 26.1. The van der Waals surface area contributed by atoms with Crippen LogP contribution in [0.15, 0.2) is 144 Å². The fraction of sp³-hybridized carbons (Fsp3) is 0.0541. The van der Waals surface area contributed by atoms with Crippen LogP contribution in [0.1, 0.15) is 22.8 Å². The summed E-state index contributed by atoms with van der Waals surface area (Å²) in [6.45, 7) is 1.74. The molecule has 5 aromatic rings. The monoisotopic (exact) mass is 642 g/mol. The van der Waals surface area contributed by atoms with E-state index in [4.69, 9.17) is 0 Å². The van der Waals surface area contributed by atoms with Gasteiger partial charge in [-0.3, -0.25) is 24.5 Å². The SMILES string of the molecule is CC(Sc1cccc(NC(=O)/C(=C\c2ccc(-c3ccccc3)cc2)NC(=O)c2ccccc2)c1)C(=O)Nc1ccc([N+](=O)[O-])cc1. The van der Waals surface area contributed by atoms with Crippen LogP contribution in [0.5, 0.6) is 0 Å². The maximum atomic E-state index is 13.6. The molecule has 234 valence electrons. The topological polar surface area (TPSA) is 130 Å². The Kier molecular flexibility index (Phi) is 10.6. The molecule has 1 atom stereocenters. The number of hydrogen-bond acceptors (Lipinski definition) is 6. The predicted octanol–water partition coefficient (Wildman–Crippen LogP) is 7.79. The summed E-state index contributed by atoms with van der Waals surface area (Å²) in [7, 11) is 0. The van der Waals surface area contributed by atoms with E-state index in [1.165, 1.54) is 36.0 Å². The van der Waals surface area contributed by atoms with Gasteiger partial charge in [0, 0.05) is 34.0 Å². The van der Waals surface area contributed by atoms with Gasteiger partial charge in [-0.25, -0.2) is 0 Å². The van der Waals surface area contributed by atoms with E-state index in [1.54, 1.807) is 61.5 Å². The van der Waals surface area contributed by atoms with E-state index >= 15 is 0 Å². The number of amides is 3. The lowest BCUT2D eigenvalue weighted by atomic mass is 10.0. The predicted molar refractivity (Wildman–Crippen MR) is 186 cm³/mol. The van der Waals surface area contributed by atoms with Gasteiger partial charge in [-0.1, -0.05) is 78.9 Å². The summed E-state index contributed by atoms with van der Waals surface area (Å²) < 4.78 is 0. The number of nitro benzene ring substituents is 1. The molecule has 0 aliphatic carbocycles. The summed E-state index contributed by atoms with van der Waals surface area (Å²) >= 11 is 1.28. The summed E-state index contributed by atoms with van der Waals surface area (Å²) in [6, 6.07) is 38.9. The number of hydrogen-bond donors (Lipinski definition) is 3. The minimum Gasteiger partial charge on any atom is -0.325 e. The number of non-ortho nitro benzene ring substituents is 1. The largest absolute Gasteiger partial charge is 0.325 e. The van der Waals surface area contributed by atoms with Gasteiger partial charge in [0.15, 0.2) is 0 Å². The van der Waals surface area contributed by atoms with Gasteiger partial charge in [-0.15, -0.1) is 11.8 Å². The van der Waals surface area contributed by atoms with Crippen LogP contribution in [-0.2, 0) is 9.59 Å². The molecule has 0 aliphatic rings. The van der Waals surface area contributed by atoms with Crippen molar-refractivity contribution in [1.82, 2.24) is 5.32 Å². The van der Waals surface area contributed by atoms with E-state index in [2.05, 4.69) is 16.0 Å². The Morgan fingerprint density at radius 2 is 1.36 bits per heavy atom. The zero-order valence-electron chi connectivity index (χ0n) is 25.3. The molecule has 0 bridgehead atoms. The van der Waals surface area contributed by atoms with Crippen LogP contribution in [0.3, 0.4) is 0 Å². The minimum absolute atomic E-state index is 0.0558. The number of nitrogens with one attached hydrogen (secondary N) is 3. The maximum absolute atomic E-state index is 13.6. The second kappa shape index (κ2) is 15.3. The molecule has 3 amide bonds. The number of benzene rings is 5. The van der Waals surface area contributed by atoms with Gasteiger partial charge in [-0.05, 0) is 72.2 Å². The van der Waals surface area contributed by atoms with Gasteiger partial charge < -0.3 is 16.0 Å². The molecule has 0 saturated heterocycles. The Hall–Kier alpha value is -6.00. The number of thioether (sulfide) groups is 1. The van der Waals surface area contributed by atoms with Crippen molar-refractivity contribution in [2.75, 3.05) is 10.6 Å². The lowest BCUT2D eigenvalue weighted by molar-refractivity contribution is -0.384. The average molecular weight is 643 g/mol. The van der Waals surface area contributed by atoms with Crippen molar-refractivity contribution in [3.05, 3.63) is 160 Å². The van der Waals surface area contributed by atoms with Crippen LogP contribution in [0, 0.1) is 10.1 Å². The van der Waals surface area contributed by atoms with E-state index in [-0.39, 0.29) is 17.3 Å². The molecule has 0 spiro atoms. The number of carbonyl (C=O) groups excluding carboxylic acids is 3. The first-order valence-corrected chi connectivity index (χ1v) is 15.5. The Morgan fingerprint density at radius 3 is 2.02 bits per heavy atom. The second-order valence-corrected chi connectivity index (χ2v) is 11.8. The number of nitro groups is 1. The first kappa shape index (κ1) is 32.4. The van der Waals surface area contributed by atoms with Gasteiger partial charge in [0.2, 0.25) is 5.91 Å². The van der Waals surface area contributed by atoms with Crippen molar-refractivity contribution in [3.8, 4) is 11.1 Å².